The lowest BCUT2D eigenvalue weighted by atomic mass is 9.64. The van der Waals surface area contributed by atoms with Crippen LogP contribution < -0.4 is 5.32 Å². The van der Waals surface area contributed by atoms with Gasteiger partial charge in [-0.25, -0.2) is 0 Å². The standard InChI is InChI=1S/C12H23NO2/c1-6-11(2,3)10(15)13-8-7-9(14)12(8,4)5/h8-9,14H,6-7H2,1-5H3,(H,13,15). The van der Waals surface area contributed by atoms with Gasteiger partial charge in [0.25, 0.3) is 0 Å². The van der Waals surface area contributed by atoms with Crippen LogP contribution in [-0.4, -0.2) is 23.2 Å². The third-order valence-corrected chi connectivity index (χ3v) is 4.02. The molecule has 0 radical (unpaired) electrons. The van der Waals surface area contributed by atoms with Crippen molar-refractivity contribution in [3.05, 3.63) is 0 Å². The Kier molecular flexibility index (Phi) is 3.15. The summed E-state index contributed by atoms with van der Waals surface area (Å²) in [5, 5.41) is 12.6. The number of carbonyl (C=O) groups is 1. The monoisotopic (exact) mass is 213 g/mol. The van der Waals surface area contributed by atoms with Gasteiger partial charge in [0.2, 0.25) is 5.91 Å². The highest BCUT2D eigenvalue weighted by Gasteiger charge is 2.48. The van der Waals surface area contributed by atoms with Gasteiger partial charge in [0.05, 0.1) is 6.10 Å². The van der Waals surface area contributed by atoms with Crippen molar-refractivity contribution in [2.45, 2.75) is 59.6 Å². The lowest BCUT2D eigenvalue weighted by Crippen LogP contribution is -2.62. The largest absolute Gasteiger partial charge is 0.392 e. The molecule has 2 N–H and O–H groups in total. The van der Waals surface area contributed by atoms with Crippen LogP contribution in [0.5, 0.6) is 0 Å². The zero-order valence-electron chi connectivity index (χ0n) is 10.4. The van der Waals surface area contributed by atoms with E-state index in [1.165, 1.54) is 0 Å². The number of aliphatic hydroxyl groups is 1. The molecule has 1 rings (SSSR count). The fraction of sp³-hybridized carbons (Fsp3) is 0.917. The van der Waals surface area contributed by atoms with Crippen molar-refractivity contribution < 1.29 is 9.90 Å². The second-order valence-electron chi connectivity index (χ2n) is 5.84. The first-order chi connectivity index (χ1) is 6.71. The molecule has 1 amide bonds. The molecule has 1 saturated carbocycles. The summed E-state index contributed by atoms with van der Waals surface area (Å²) >= 11 is 0. The molecule has 1 aliphatic rings. The van der Waals surface area contributed by atoms with E-state index in [-0.39, 0.29) is 28.9 Å². The van der Waals surface area contributed by atoms with Gasteiger partial charge in [-0.05, 0) is 12.8 Å². The Hall–Kier alpha value is -0.570. The normalized spacial score (nSPS) is 29.5. The Bertz CT molecular complexity index is 258. The molecular formula is C12H23NO2. The number of hydrogen-bond acceptors (Lipinski definition) is 2. The van der Waals surface area contributed by atoms with Gasteiger partial charge in [0, 0.05) is 16.9 Å². The number of carbonyl (C=O) groups excluding carboxylic acids is 1. The SMILES string of the molecule is CCC(C)(C)C(=O)NC1CC(O)C1(C)C. The van der Waals surface area contributed by atoms with Crippen LogP contribution in [0.2, 0.25) is 0 Å². The fourth-order valence-electron chi connectivity index (χ4n) is 1.66. The van der Waals surface area contributed by atoms with Crippen molar-refractivity contribution in [1.82, 2.24) is 5.32 Å². The van der Waals surface area contributed by atoms with Crippen LogP contribution in [-0.2, 0) is 4.79 Å². The van der Waals surface area contributed by atoms with E-state index in [2.05, 4.69) is 5.32 Å². The van der Waals surface area contributed by atoms with Crippen LogP contribution in [0.3, 0.4) is 0 Å². The zero-order valence-corrected chi connectivity index (χ0v) is 10.4. The number of hydrogen-bond donors (Lipinski definition) is 2. The molecule has 88 valence electrons. The fourth-order valence-corrected chi connectivity index (χ4v) is 1.66. The van der Waals surface area contributed by atoms with Gasteiger partial charge >= 0.3 is 0 Å². The third-order valence-electron chi connectivity index (χ3n) is 4.02. The summed E-state index contributed by atoms with van der Waals surface area (Å²) in [6.45, 7) is 9.89. The van der Waals surface area contributed by atoms with E-state index in [1.54, 1.807) is 0 Å². The van der Waals surface area contributed by atoms with Gasteiger partial charge in [0.15, 0.2) is 0 Å². The Morgan fingerprint density at radius 3 is 2.40 bits per heavy atom. The molecule has 1 fully saturated rings. The second-order valence-corrected chi connectivity index (χ2v) is 5.84. The molecule has 0 aromatic carbocycles. The first-order valence-electron chi connectivity index (χ1n) is 5.71. The number of rotatable bonds is 3. The number of nitrogens with one attached hydrogen (secondary N) is 1. The Balaban J connectivity index is 2.55. The molecule has 0 aromatic rings. The molecule has 0 saturated heterocycles. The van der Waals surface area contributed by atoms with E-state index in [1.807, 2.05) is 34.6 Å². The van der Waals surface area contributed by atoms with E-state index >= 15 is 0 Å². The van der Waals surface area contributed by atoms with Gasteiger partial charge in [-0.15, -0.1) is 0 Å². The summed E-state index contributed by atoms with van der Waals surface area (Å²) in [4.78, 5) is 11.9. The topological polar surface area (TPSA) is 49.3 Å². The van der Waals surface area contributed by atoms with E-state index in [9.17, 15) is 9.90 Å². The van der Waals surface area contributed by atoms with Gasteiger partial charge < -0.3 is 10.4 Å². The van der Waals surface area contributed by atoms with Crippen LogP contribution in [0.15, 0.2) is 0 Å². The minimum atomic E-state index is -0.309. The Labute approximate surface area is 92.3 Å². The van der Waals surface area contributed by atoms with E-state index in [4.69, 9.17) is 0 Å². The average molecular weight is 213 g/mol. The molecule has 0 aromatic heterocycles. The summed E-state index contributed by atoms with van der Waals surface area (Å²) in [6.07, 6.45) is 1.22. The summed E-state index contributed by atoms with van der Waals surface area (Å²) in [5.41, 5.74) is -0.490. The summed E-state index contributed by atoms with van der Waals surface area (Å²) in [6, 6.07) is 0.117. The summed E-state index contributed by atoms with van der Waals surface area (Å²) < 4.78 is 0. The maximum Gasteiger partial charge on any atom is 0.225 e. The first kappa shape index (κ1) is 12.5. The Morgan fingerprint density at radius 1 is 1.53 bits per heavy atom. The summed E-state index contributed by atoms with van der Waals surface area (Å²) in [5.74, 6) is 0.0926. The molecule has 2 unspecified atom stereocenters. The molecule has 0 bridgehead atoms. The van der Waals surface area contributed by atoms with Gasteiger partial charge in [-0.1, -0.05) is 34.6 Å². The van der Waals surface area contributed by atoms with Crippen molar-refractivity contribution in [3.63, 3.8) is 0 Å². The summed E-state index contributed by atoms with van der Waals surface area (Å²) in [7, 11) is 0. The second kappa shape index (κ2) is 3.78. The van der Waals surface area contributed by atoms with Crippen LogP contribution in [0.25, 0.3) is 0 Å². The molecule has 0 aliphatic heterocycles. The minimum absolute atomic E-state index is 0.0926. The molecule has 15 heavy (non-hydrogen) atoms. The van der Waals surface area contributed by atoms with E-state index in [0.29, 0.717) is 6.42 Å². The van der Waals surface area contributed by atoms with Gasteiger partial charge in [0.1, 0.15) is 0 Å². The molecular weight excluding hydrogens is 190 g/mol. The predicted octanol–water partition coefficient (Wildman–Crippen LogP) is 1.70. The zero-order chi connectivity index (χ0) is 11.9. The van der Waals surface area contributed by atoms with Crippen LogP contribution in [0, 0.1) is 10.8 Å². The lowest BCUT2D eigenvalue weighted by Gasteiger charge is -2.50. The highest BCUT2D eigenvalue weighted by Crippen LogP contribution is 2.40. The molecule has 1 aliphatic carbocycles. The van der Waals surface area contributed by atoms with Crippen LogP contribution in [0.4, 0.5) is 0 Å². The van der Waals surface area contributed by atoms with Crippen LogP contribution >= 0.6 is 0 Å². The lowest BCUT2D eigenvalue weighted by molar-refractivity contribution is -0.137. The van der Waals surface area contributed by atoms with Crippen LogP contribution in [0.1, 0.15) is 47.5 Å². The highest BCUT2D eigenvalue weighted by molar-refractivity contribution is 5.82. The quantitative estimate of drug-likeness (QED) is 0.749. The maximum absolute atomic E-state index is 11.9. The number of amides is 1. The smallest absolute Gasteiger partial charge is 0.225 e. The third kappa shape index (κ3) is 2.17. The molecule has 3 nitrogen and oxygen atoms in total. The highest BCUT2D eigenvalue weighted by atomic mass is 16.3. The minimum Gasteiger partial charge on any atom is -0.392 e. The van der Waals surface area contributed by atoms with Crippen molar-refractivity contribution in [3.8, 4) is 0 Å². The first-order valence-corrected chi connectivity index (χ1v) is 5.71. The van der Waals surface area contributed by atoms with Crippen molar-refractivity contribution in [2.24, 2.45) is 10.8 Å². The maximum atomic E-state index is 11.9. The van der Waals surface area contributed by atoms with Crippen molar-refractivity contribution in [1.29, 1.82) is 0 Å². The van der Waals surface area contributed by atoms with Crippen molar-refractivity contribution >= 4 is 5.91 Å². The predicted molar refractivity (Wildman–Crippen MR) is 60.4 cm³/mol. The molecule has 3 heteroatoms. The van der Waals surface area contributed by atoms with E-state index in [0.717, 1.165) is 6.42 Å². The molecule has 0 spiro atoms. The van der Waals surface area contributed by atoms with Gasteiger partial charge in [-0.2, -0.15) is 0 Å². The number of aliphatic hydroxyl groups excluding tert-OH is 1. The van der Waals surface area contributed by atoms with E-state index < -0.39 is 0 Å². The van der Waals surface area contributed by atoms with Gasteiger partial charge in [-0.3, -0.25) is 4.79 Å². The molecule has 0 heterocycles. The molecule has 2 atom stereocenters. The average Bonchev–Trinajstić information content (AvgIpc) is 2.17. The Morgan fingerprint density at radius 2 is 2.07 bits per heavy atom. The van der Waals surface area contributed by atoms with Crippen molar-refractivity contribution in [2.75, 3.05) is 0 Å².